The fraction of sp³-hybridized carbons (Fsp3) is 0.250. The molecule has 5 heteroatoms. The van der Waals surface area contributed by atoms with Crippen molar-refractivity contribution in [1.29, 1.82) is 0 Å². The molecule has 0 aliphatic carbocycles. The van der Waals surface area contributed by atoms with E-state index in [4.69, 9.17) is 0 Å². The first-order chi connectivity index (χ1) is 14.2. The largest absolute Gasteiger partial charge is 0.371 e. The summed E-state index contributed by atoms with van der Waals surface area (Å²) in [6.07, 6.45) is 5.69. The van der Waals surface area contributed by atoms with Gasteiger partial charge in [-0.3, -0.25) is 9.78 Å². The second-order valence-electron chi connectivity index (χ2n) is 7.75. The van der Waals surface area contributed by atoms with E-state index < -0.39 is 0 Å². The zero-order valence-corrected chi connectivity index (χ0v) is 16.5. The van der Waals surface area contributed by atoms with Gasteiger partial charge in [-0.25, -0.2) is 0 Å². The third-order valence-electron chi connectivity index (χ3n) is 5.94. The van der Waals surface area contributed by atoms with Gasteiger partial charge >= 0.3 is 0 Å². The number of piperidine rings is 1. The van der Waals surface area contributed by atoms with Crippen molar-refractivity contribution in [3.63, 3.8) is 0 Å². The molecule has 1 aliphatic heterocycles. The average Bonchev–Trinajstić information content (AvgIpc) is 3.11. The number of carbonyl (C=O) groups is 1. The number of nitrogens with zero attached hydrogens (tertiary/aromatic N) is 3. The van der Waals surface area contributed by atoms with Crippen LogP contribution in [0, 0.1) is 0 Å². The summed E-state index contributed by atoms with van der Waals surface area (Å²) < 4.78 is 2.02. The van der Waals surface area contributed by atoms with Crippen LogP contribution < -0.4 is 10.2 Å². The molecule has 0 radical (unpaired) electrons. The van der Waals surface area contributed by atoms with Crippen molar-refractivity contribution < 1.29 is 4.79 Å². The van der Waals surface area contributed by atoms with Crippen molar-refractivity contribution in [2.45, 2.75) is 18.9 Å². The molecule has 2 aromatic carbocycles. The van der Waals surface area contributed by atoms with Crippen molar-refractivity contribution in [3.8, 4) is 0 Å². The van der Waals surface area contributed by atoms with Gasteiger partial charge in [-0.15, -0.1) is 0 Å². The van der Waals surface area contributed by atoms with E-state index in [-0.39, 0.29) is 11.9 Å². The van der Waals surface area contributed by atoms with Crippen LogP contribution in [0.1, 0.15) is 23.2 Å². The summed E-state index contributed by atoms with van der Waals surface area (Å²) in [6, 6.07) is 18.6. The molecule has 2 aromatic heterocycles. The first-order valence-electron chi connectivity index (χ1n) is 10.1. The summed E-state index contributed by atoms with van der Waals surface area (Å²) >= 11 is 0. The van der Waals surface area contributed by atoms with Crippen molar-refractivity contribution >= 4 is 33.4 Å². The fourth-order valence-electron chi connectivity index (χ4n) is 4.41. The van der Waals surface area contributed by atoms with Crippen LogP contribution in [0.15, 0.2) is 67.0 Å². The first kappa shape index (κ1) is 17.7. The number of fused-ring (bicyclic) bond motifs is 2. The minimum absolute atomic E-state index is 0.0228. The Balaban J connectivity index is 1.29. The van der Waals surface area contributed by atoms with Gasteiger partial charge in [0.25, 0.3) is 5.91 Å². The number of para-hydroxylation sites is 2. The summed E-state index contributed by atoms with van der Waals surface area (Å²) in [4.78, 5) is 19.8. The Morgan fingerprint density at radius 1 is 1.00 bits per heavy atom. The summed E-state index contributed by atoms with van der Waals surface area (Å²) in [7, 11) is 1.98. The number of rotatable bonds is 3. The highest BCUT2D eigenvalue weighted by molar-refractivity contribution is 6.07. The van der Waals surface area contributed by atoms with Crippen molar-refractivity contribution in [3.05, 3.63) is 72.6 Å². The van der Waals surface area contributed by atoms with E-state index in [1.165, 1.54) is 11.1 Å². The molecule has 5 rings (SSSR count). The molecule has 5 nitrogen and oxygen atoms in total. The molecule has 3 heterocycles. The summed E-state index contributed by atoms with van der Waals surface area (Å²) in [5, 5.41) is 5.45. The van der Waals surface area contributed by atoms with E-state index in [1.807, 2.05) is 54.3 Å². The van der Waals surface area contributed by atoms with Crippen LogP contribution in [0.2, 0.25) is 0 Å². The van der Waals surface area contributed by atoms with Crippen molar-refractivity contribution in [2.75, 3.05) is 18.0 Å². The monoisotopic (exact) mass is 384 g/mol. The van der Waals surface area contributed by atoms with Gasteiger partial charge in [0.1, 0.15) is 0 Å². The Kier molecular flexibility index (Phi) is 4.43. The maximum Gasteiger partial charge on any atom is 0.253 e. The Labute approximate surface area is 170 Å². The second-order valence-corrected chi connectivity index (χ2v) is 7.75. The lowest BCUT2D eigenvalue weighted by Gasteiger charge is -2.34. The molecular formula is C24H24N4O. The minimum Gasteiger partial charge on any atom is -0.371 e. The zero-order valence-electron chi connectivity index (χ0n) is 16.5. The maximum atomic E-state index is 12.9. The highest BCUT2D eigenvalue weighted by Crippen LogP contribution is 2.28. The third kappa shape index (κ3) is 3.23. The van der Waals surface area contributed by atoms with Crippen LogP contribution in [0.4, 0.5) is 5.69 Å². The van der Waals surface area contributed by atoms with Crippen LogP contribution in [0.5, 0.6) is 0 Å². The van der Waals surface area contributed by atoms with Gasteiger partial charge in [0, 0.05) is 60.5 Å². The maximum absolute atomic E-state index is 12.9. The Morgan fingerprint density at radius 3 is 2.55 bits per heavy atom. The quantitative estimate of drug-likeness (QED) is 0.578. The van der Waals surface area contributed by atoms with E-state index in [0.717, 1.165) is 47.9 Å². The lowest BCUT2D eigenvalue weighted by atomic mass is 10.0. The van der Waals surface area contributed by atoms with Crippen LogP contribution in [-0.4, -0.2) is 34.6 Å². The van der Waals surface area contributed by atoms with Crippen molar-refractivity contribution in [2.24, 2.45) is 7.05 Å². The Morgan fingerprint density at radius 2 is 1.72 bits per heavy atom. The molecule has 1 saturated heterocycles. The van der Waals surface area contributed by atoms with Crippen LogP contribution >= 0.6 is 0 Å². The highest BCUT2D eigenvalue weighted by Gasteiger charge is 2.23. The number of aryl methyl sites for hydroxylation is 1. The number of hydrogen-bond donors (Lipinski definition) is 1. The summed E-state index contributed by atoms with van der Waals surface area (Å²) in [5.74, 6) is 0.0228. The van der Waals surface area contributed by atoms with Gasteiger partial charge in [-0.2, -0.15) is 0 Å². The number of benzene rings is 2. The van der Waals surface area contributed by atoms with Gasteiger partial charge < -0.3 is 14.8 Å². The molecule has 0 bridgehead atoms. The number of pyridine rings is 1. The number of nitrogens with one attached hydrogen (secondary N) is 1. The summed E-state index contributed by atoms with van der Waals surface area (Å²) in [5.41, 5.74) is 4.09. The Hall–Kier alpha value is -3.34. The van der Waals surface area contributed by atoms with Gasteiger partial charge in [-0.05, 0) is 31.0 Å². The van der Waals surface area contributed by atoms with Crippen LogP contribution in [0.25, 0.3) is 21.8 Å². The standard InChI is InChI=1S/C24H24N4O/c1-27-16-20(18-6-3-5-9-22(18)27)24(29)26-17-11-14-28(15-12-17)23-10-13-25-21-8-4-2-7-19(21)23/h2-10,13,16-17H,11-12,14-15H2,1H3,(H,26,29). The van der Waals surface area contributed by atoms with Gasteiger partial charge in [0.05, 0.1) is 11.1 Å². The number of amides is 1. The summed E-state index contributed by atoms with van der Waals surface area (Å²) in [6.45, 7) is 1.85. The molecule has 0 spiro atoms. The molecule has 4 aromatic rings. The minimum atomic E-state index is 0.0228. The van der Waals surface area contributed by atoms with Crippen LogP contribution in [0.3, 0.4) is 0 Å². The SMILES string of the molecule is Cn1cc(C(=O)NC2CCN(c3ccnc4ccccc34)CC2)c2ccccc21. The topological polar surface area (TPSA) is 50.2 Å². The van der Waals surface area contributed by atoms with E-state index in [9.17, 15) is 4.79 Å². The van der Waals surface area contributed by atoms with Crippen LogP contribution in [-0.2, 0) is 7.05 Å². The molecule has 1 amide bonds. The highest BCUT2D eigenvalue weighted by atomic mass is 16.1. The predicted molar refractivity (Wildman–Crippen MR) is 117 cm³/mol. The molecule has 0 saturated carbocycles. The molecule has 1 fully saturated rings. The molecular weight excluding hydrogens is 360 g/mol. The second kappa shape index (κ2) is 7.24. The van der Waals surface area contributed by atoms with E-state index in [0.29, 0.717) is 0 Å². The van der Waals surface area contributed by atoms with E-state index >= 15 is 0 Å². The molecule has 0 atom stereocenters. The zero-order chi connectivity index (χ0) is 19.8. The normalized spacial score (nSPS) is 15.1. The van der Waals surface area contributed by atoms with Gasteiger partial charge in [0.2, 0.25) is 0 Å². The number of aromatic nitrogens is 2. The third-order valence-corrected chi connectivity index (χ3v) is 5.94. The molecule has 146 valence electrons. The smallest absolute Gasteiger partial charge is 0.253 e. The number of carbonyl (C=O) groups excluding carboxylic acids is 1. The van der Waals surface area contributed by atoms with E-state index in [1.54, 1.807) is 0 Å². The van der Waals surface area contributed by atoms with Gasteiger partial charge in [0.15, 0.2) is 0 Å². The van der Waals surface area contributed by atoms with Crippen molar-refractivity contribution in [1.82, 2.24) is 14.9 Å². The van der Waals surface area contributed by atoms with E-state index in [2.05, 4.69) is 39.5 Å². The molecule has 29 heavy (non-hydrogen) atoms. The average molecular weight is 384 g/mol. The first-order valence-corrected chi connectivity index (χ1v) is 10.1. The number of anilines is 1. The molecule has 1 aliphatic rings. The van der Waals surface area contributed by atoms with Gasteiger partial charge in [-0.1, -0.05) is 36.4 Å². The molecule has 0 unspecified atom stereocenters. The predicted octanol–water partition coefficient (Wildman–Crippen LogP) is 4.13. The fourth-order valence-corrected chi connectivity index (χ4v) is 4.41. The Bertz CT molecular complexity index is 1180. The lowest BCUT2D eigenvalue weighted by molar-refractivity contribution is 0.0932. The number of hydrogen-bond acceptors (Lipinski definition) is 3. The lowest BCUT2D eigenvalue weighted by Crippen LogP contribution is -2.44. The molecule has 1 N–H and O–H groups in total.